The van der Waals surface area contributed by atoms with Crippen molar-refractivity contribution in [3.05, 3.63) is 53.4 Å². The maximum atomic E-state index is 12.6. The zero-order valence-electron chi connectivity index (χ0n) is 16.3. The van der Waals surface area contributed by atoms with Crippen LogP contribution in [0.2, 0.25) is 0 Å². The molecule has 0 radical (unpaired) electrons. The minimum atomic E-state index is -0.591. The van der Waals surface area contributed by atoms with Crippen LogP contribution in [0, 0.1) is 0 Å². The molecule has 3 rings (SSSR count). The Morgan fingerprint density at radius 1 is 1.04 bits per heavy atom. The number of ether oxygens (including phenoxy) is 4. The van der Waals surface area contributed by atoms with Crippen molar-refractivity contribution in [2.45, 2.75) is 24.9 Å². The molecule has 7 nitrogen and oxygen atoms in total. The van der Waals surface area contributed by atoms with E-state index in [-0.39, 0.29) is 6.10 Å². The Morgan fingerprint density at radius 3 is 2.11 bits per heavy atom. The van der Waals surface area contributed by atoms with E-state index < -0.39 is 17.9 Å². The highest BCUT2D eigenvalue weighted by molar-refractivity contribution is 5.98. The second kappa shape index (κ2) is 8.93. The highest BCUT2D eigenvalue weighted by atomic mass is 16.5. The monoisotopic (exact) mass is 387 g/mol. The Labute approximate surface area is 164 Å². The maximum Gasteiger partial charge on any atom is 0.336 e. The summed E-state index contributed by atoms with van der Waals surface area (Å²) in [5, 5.41) is 0. The third-order valence-electron chi connectivity index (χ3n) is 4.96. The van der Waals surface area contributed by atoms with Crippen LogP contribution in [0.1, 0.15) is 24.3 Å². The van der Waals surface area contributed by atoms with Gasteiger partial charge in [-0.3, -0.25) is 0 Å². The number of hydrogen-bond donors (Lipinski definition) is 0. The lowest BCUT2D eigenvalue weighted by molar-refractivity contribution is -0.137. The first kappa shape index (κ1) is 19.9. The summed E-state index contributed by atoms with van der Waals surface area (Å²) < 4.78 is 20.9. The van der Waals surface area contributed by atoms with Gasteiger partial charge in [-0.1, -0.05) is 12.1 Å². The molecular formula is C21H25NO6. The molecule has 0 aromatic heterocycles. The van der Waals surface area contributed by atoms with Crippen molar-refractivity contribution >= 4 is 11.9 Å². The van der Waals surface area contributed by atoms with Crippen molar-refractivity contribution in [1.82, 2.24) is 4.90 Å². The number of carbonyl (C=O) groups excluding carboxylic acids is 2. The predicted molar refractivity (Wildman–Crippen MR) is 102 cm³/mol. The second-order valence-electron chi connectivity index (χ2n) is 6.69. The molecule has 0 spiro atoms. The first-order valence-electron chi connectivity index (χ1n) is 9.18. The molecule has 0 bridgehead atoms. The quantitative estimate of drug-likeness (QED) is 0.694. The summed E-state index contributed by atoms with van der Waals surface area (Å²) in [5.41, 5.74) is 1.51. The highest BCUT2D eigenvalue weighted by Crippen LogP contribution is 2.37. The molecular weight excluding hydrogens is 362 g/mol. The average molecular weight is 387 g/mol. The zero-order chi connectivity index (χ0) is 20.1. The van der Waals surface area contributed by atoms with Gasteiger partial charge in [0.25, 0.3) is 0 Å². The third-order valence-corrected chi connectivity index (χ3v) is 4.96. The highest BCUT2D eigenvalue weighted by Gasteiger charge is 2.35. The average Bonchev–Trinajstić information content (AvgIpc) is 3.25. The summed E-state index contributed by atoms with van der Waals surface area (Å²) >= 11 is 0. The first-order chi connectivity index (χ1) is 13.6. The van der Waals surface area contributed by atoms with E-state index in [1.807, 2.05) is 17.0 Å². The first-order valence-corrected chi connectivity index (χ1v) is 9.18. The molecule has 2 aliphatic rings. The molecule has 1 saturated heterocycles. The molecule has 1 fully saturated rings. The Balaban J connectivity index is 2.00. The Bertz CT molecular complexity index is 743. The van der Waals surface area contributed by atoms with Crippen LogP contribution in [0.5, 0.6) is 5.75 Å². The lowest BCUT2D eigenvalue weighted by Gasteiger charge is -2.31. The van der Waals surface area contributed by atoms with Gasteiger partial charge in [-0.2, -0.15) is 0 Å². The van der Waals surface area contributed by atoms with Gasteiger partial charge in [-0.25, -0.2) is 9.59 Å². The summed E-state index contributed by atoms with van der Waals surface area (Å²) in [6.45, 7) is 1.28. The van der Waals surface area contributed by atoms with Gasteiger partial charge in [0.15, 0.2) is 0 Å². The van der Waals surface area contributed by atoms with Crippen LogP contribution in [-0.4, -0.2) is 57.4 Å². The van der Waals surface area contributed by atoms with Crippen molar-refractivity contribution in [1.29, 1.82) is 0 Å². The maximum absolute atomic E-state index is 12.6. The fourth-order valence-electron chi connectivity index (χ4n) is 3.57. The zero-order valence-corrected chi connectivity index (χ0v) is 16.3. The lowest BCUT2D eigenvalue weighted by atomic mass is 9.83. The van der Waals surface area contributed by atoms with Gasteiger partial charge in [-0.05, 0) is 30.5 Å². The lowest BCUT2D eigenvalue weighted by Crippen LogP contribution is -2.32. The van der Waals surface area contributed by atoms with E-state index >= 15 is 0 Å². The van der Waals surface area contributed by atoms with E-state index in [2.05, 4.69) is 0 Å². The fraction of sp³-hybridized carbons (Fsp3) is 0.429. The van der Waals surface area contributed by atoms with E-state index in [4.69, 9.17) is 18.9 Å². The predicted octanol–water partition coefficient (Wildman–Crippen LogP) is 2.39. The van der Waals surface area contributed by atoms with Gasteiger partial charge in [0.1, 0.15) is 5.75 Å². The van der Waals surface area contributed by atoms with E-state index in [0.29, 0.717) is 23.4 Å². The van der Waals surface area contributed by atoms with Gasteiger partial charge in [-0.15, -0.1) is 0 Å². The molecule has 2 aliphatic heterocycles. The van der Waals surface area contributed by atoms with Crippen molar-refractivity contribution in [2.75, 3.05) is 34.5 Å². The smallest absolute Gasteiger partial charge is 0.336 e. The number of rotatable bonds is 6. The molecule has 1 atom stereocenters. The van der Waals surface area contributed by atoms with Gasteiger partial charge in [0.05, 0.1) is 44.5 Å². The summed E-state index contributed by atoms with van der Waals surface area (Å²) in [5.74, 6) is -0.890. The molecule has 150 valence electrons. The molecule has 1 aromatic carbocycles. The molecule has 0 N–H and O–H groups in total. The van der Waals surface area contributed by atoms with Crippen LogP contribution in [0.15, 0.2) is 47.8 Å². The van der Waals surface area contributed by atoms with Crippen LogP contribution >= 0.6 is 0 Å². The van der Waals surface area contributed by atoms with Crippen LogP contribution in [0.4, 0.5) is 0 Å². The van der Waals surface area contributed by atoms with Crippen molar-refractivity contribution < 1.29 is 28.5 Å². The molecule has 1 aromatic rings. The van der Waals surface area contributed by atoms with Crippen molar-refractivity contribution in [2.24, 2.45) is 0 Å². The largest absolute Gasteiger partial charge is 0.497 e. The van der Waals surface area contributed by atoms with Gasteiger partial charge >= 0.3 is 11.9 Å². The molecule has 28 heavy (non-hydrogen) atoms. The van der Waals surface area contributed by atoms with Crippen LogP contribution in [0.3, 0.4) is 0 Å². The molecule has 0 unspecified atom stereocenters. The number of esters is 2. The number of benzene rings is 1. The number of hydrogen-bond acceptors (Lipinski definition) is 7. The standard InChI is InChI=1S/C21H25NO6/c1-25-15-8-6-14(7-9-15)19-17(20(23)26-2)12-22(11-16-5-4-10-28-16)13-18(19)21(24)27-3/h6-9,12-13,16,19H,4-5,10-11H2,1-3H3/t16-/m1/s1. The van der Waals surface area contributed by atoms with E-state index in [1.54, 1.807) is 31.6 Å². The molecule has 7 heteroatoms. The van der Waals surface area contributed by atoms with Gasteiger partial charge in [0, 0.05) is 25.6 Å². The summed E-state index contributed by atoms with van der Waals surface area (Å²) in [6, 6.07) is 7.23. The SMILES string of the molecule is COC(=O)C1=CN(C[C@H]2CCCO2)C=C(C(=O)OC)C1c1ccc(OC)cc1. The Hall–Kier alpha value is -2.80. The minimum absolute atomic E-state index is 0.0582. The second-order valence-corrected chi connectivity index (χ2v) is 6.69. The normalized spacial score (nSPS) is 19.7. The minimum Gasteiger partial charge on any atom is -0.497 e. The summed E-state index contributed by atoms with van der Waals surface area (Å²) in [6.07, 6.45) is 5.47. The van der Waals surface area contributed by atoms with Crippen molar-refractivity contribution in [3.8, 4) is 5.75 Å². The summed E-state index contributed by atoms with van der Waals surface area (Å²) in [4.78, 5) is 26.9. The van der Waals surface area contributed by atoms with Crippen LogP contribution in [-0.2, 0) is 23.8 Å². The van der Waals surface area contributed by atoms with Crippen LogP contribution in [0.25, 0.3) is 0 Å². The Morgan fingerprint density at radius 2 is 1.64 bits per heavy atom. The number of methoxy groups -OCH3 is 3. The number of nitrogens with zero attached hydrogens (tertiary/aromatic N) is 1. The van der Waals surface area contributed by atoms with Crippen molar-refractivity contribution in [3.63, 3.8) is 0 Å². The summed E-state index contributed by atoms with van der Waals surface area (Å²) in [7, 11) is 4.24. The molecule has 2 heterocycles. The topological polar surface area (TPSA) is 74.3 Å². The van der Waals surface area contributed by atoms with Crippen LogP contribution < -0.4 is 4.74 Å². The van der Waals surface area contributed by atoms with E-state index in [9.17, 15) is 9.59 Å². The van der Waals surface area contributed by atoms with Gasteiger partial charge < -0.3 is 23.8 Å². The number of carbonyl (C=O) groups is 2. The Kier molecular flexibility index (Phi) is 6.36. The fourth-order valence-corrected chi connectivity index (χ4v) is 3.57. The molecule has 0 saturated carbocycles. The third kappa shape index (κ3) is 4.20. The van der Waals surface area contributed by atoms with E-state index in [1.165, 1.54) is 14.2 Å². The molecule has 0 amide bonds. The van der Waals surface area contributed by atoms with E-state index in [0.717, 1.165) is 25.0 Å². The molecule has 0 aliphatic carbocycles. The van der Waals surface area contributed by atoms with Gasteiger partial charge in [0.2, 0.25) is 0 Å².